The lowest BCUT2D eigenvalue weighted by Crippen LogP contribution is -2.39. The molecule has 1 heterocycles. The Kier molecular flexibility index (Phi) is 7.74. The van der Waals surface area contributed by atoms with Crippen LogP contribution in [0.4, 0.5) is 4.39 Å². The number of aromatic nitrogens is 1. The zero-order valence-electron chi connectivity index (χ0n) is 16.8. The number of hydrogen-bond donors (Lipinski definition) is 3. The highest BCUT2D eigenvalue weighted by molar-refractivity contribution is 5.79. The molecule has 6 nitrogen and oxygen atoms in total. The number of halogens is 1. The number of aliphatic hydroxyl groups is 1. The van der Waals surface area contributed by atoms with E-state index in [1.165, 1.54) is 12.1 Å². The normalized spacial score (nSPS) is 12.3. The second kappa shape index (κ2) is 10.9. The molecule has 0 amide bonds. The Balaban J connectivity index is 1.50. The lowest BCUT2D eigenvalue weighted by Gasteiger charge is -2.18. The van der Waals surface area contributed by atoms with Crippen LogP contribution in [0.2, 0.25) is 0 Å². The lowest BCUT2D eigenvalue weighted by molar-refractivity contribution is 0.265. The fourth-order valence-electron chi connectivity index (χ4n) is 2.87. The van der Waals surface area contributed by atoms with E-state index in [-0.39, 0.29) is 18.3 Å². The summed E-state index contributed by atoms with van der Waals surface area (Å²) < 4.78 is 18.8. The van der Waals surface area contributed by atoms with Gasteiger partial charge in [0.15, 0.2) is 5.96 Å². The van der Waals surface area contributed by atoms with Crippen molar-refractivity contribution in [3.05, 3.63) is 89.9 Å². The number of nitrogens with one attached hydrogen (secondary N) is 2. The van der Waals surface area contributed by atoms with E-state index in [4.69, 9.17) is 4.74 Å². The van der Waals surface area contributed by atoms with Crippen LogP contribution in [0.3, 0.4) is 0 Å². The van der Waals surface area contributed by atoms with Crippen molar-refractivity contribution in [2.45, 2.75) is 12.5 Å². The Morgan fingerprint density at radius 1 is 1.10 bits per heavy atom. The minimum atomic E-state index is -0.358. The third-order valence-corrected chi connectivity index (χ3v) is 4.51. The first-order valence-corrected chi connectivity index (χ1v) is 9.66. The molecule has 1 aromatic heterocycles. The number of guanidine groups is 1. The molecule has 0 aliphatic heterocycles. The molecular formula is C23H25FN4O2. The van der Waals surface area contributed by atoms with E-state index in [0.717, 1.165) is 11.1 Å². The van der Waals surface area contributed by atoms with Gasteiger partial charge in [0, 0.05) is 44.4 Å². The fraction of sp³-hybridized carbons (Fsp3) is 0.217. The van der Waals surface area contributed by atoms with Gasteiger partial charge < -0.3 is 20.5 Å². The molecule has 0 radical (unpaired) electrons. The van der Waals surface area contributed by atoms with Gasteiger partial charge in [0.05, 0.1) is 6.61 Å². The van der Waals surface area contributed by atoms with Gasteiger partial charge in [-0.1, -0.05) is 42.5 Å². The highest BCUT2D eigenvalue weighted by atomic mass is 19.1. The molecule has 7 heteroatoms. The summed E-state index contributed by atoms with van der Waals surface area (Å²) in [6, 6.07) is 19.4. The number of nitrogens with zero attached hydrogens (tertiary/aromatic N) is 2. The van der Waals surface area contributed by atoms with Gasteiger partial charge in [0.2, 0.25) is 5.88 Å². The van der Waals surface area contributed by atoms with Crippen LogP contribution in [0.15, 0.2) is 77.9 Å². The molecule has 156 valence electrons. The predicted octanol–water partition coefficient (Wildman–Crippen LogP) is 3.45. The van der Waals surface area contributed by atoms with Crippen molar-refractivity contribution in [3.8, 4) is 11.6 Å². The molecule has 2 aromatic carbocycles. The van der Waals surface area contributed by atoms with Gasteiger partial charge >= 0.3 is 0 Å². The van der Waals surface area contributed by atoms with Gasteiger partial charge in [-0.2, -0.15) is 0 Å². The Bertz CT molecular complexity index is 949. The molecule has 3 aromatic rings. The summed E-state index contributed by atoms with van der Waals surface area (Å²) in [5.74, 6) is 1.04. The van der Waals surface area contributed by atoms with Crippen LogP contribution >= 0.6 is 0 Å². The summed E-state index contributed by atoms with van der Waals surface area (Å²) in [6.07, 6.45) is 1.69. The molecule has 0 saturated heterocycles. The molecule has 0 spiro atoms. The fourth-order valence-corrected chi connectivity index (χ4v) is 2.87. The van der Waals surface area contributed by atoms with Crippen molar-refractivity contribution >= 4 is 5.96 Å². The predicted molar refractivity (Wildman–Crippen MR) is 115 cm³/mol. The standard InChI is InChI=1S/C23H25FN4O2/c1-25-23(28-15-19(16-29)18-6-3-2-4-7-18)27-14-17-10-11-22(26-13-17)30-21-9-5-8-20(24)12-21/h2-13,19,29H,14-16H2,1H3,(H2,25,27,28). The Hall–Kier alpha value is -3.45. The number of ether oxygens (including phenoxy) is 1. The third-order valence-electron chi connectivity index (χ3n) is 4.51. The SMILES string of the molecule is CN=C(NCc1ccc(Oc2cccc(F)c2)nc1)NCC(CO)c1ccccc1. The van der Waals surface area contributed by atoms with Crippen LogP contribution in [0.5, 0.6) is 11.6 Å². The average molecular weight is 408 g/mol. The first-order chi connectivity index (χ1) is 14.7. The summed E-state index contributed by atoms with van der Waals surface area (Å²) >= 11 is 0. The second-order valence-corrected chi connectivity index (χ2v) is 6.66. The van der Waals surface area contributed by atoms with Gasteiger partial charge in [-0.3, -0.25) is 4.99 Å². The highest BCUT2D eigenvalue weighted by Gasteiger charge is 2.11. The van der Waals surface area contributed by atoms with Crippen molar-refractivity contribution in [2.24, 2.45) is 4.99 Å². The minimum absolute atomic E-state index is 0.0225. The highest BCUT2D eigenvalue weighted by Crippen LogP contribution is 2.20. The number of hydrogen-bond acceptors (Lipinski definition) is 4. The molecule has 0 fully saturated rings. The number of benzene rings is 2. The number of aliphatic imine (C=N–C) groups is 1. The van der Waals surface area contributed by atoms with Crippen LogP contribution in [0.1, 0.15) is 17.0 Å². The average Bonchev–Trinajstić information content (AvgIpc) is 2.78. The molecule has 1 unspecified atom stereocenters. The summed E-state index contributed by atoms with van der Waals surface area (Å²) in [4.78, 5) is 8.47. The molecule has 3 rings (SSSR count). The summed E-state index contributed by atoms with van der Waals surface area (Å²) in [5.41, 5.74) is 2.01. The van der Waals surface area contributed by atoms with Gasteiger partial charge in [-0.25, -0.2) is 9.37 Å². The van der Waals surface area contributed by atoms with Crippen LogP contribution in [0, 0.1) is 5.82 Å². The first-order valence-electron chi connectivity index (χ1n) is 9.66. The minimum Gasteiger partial charge on any atom is -0.439 e. The molecule has 0 aliphatic rings. The maximum atomic E-state index is 13.2. The van der Waals surface area contributed by atoms with E-state index in [1.807, 2.05) is 36.4 Å². The van der Waals surface area contributed by atoms with Crippen molar-refractivity contribution in [1.82, 2.24) is 15.6 Å². The second-order valence-electron chi connectivity index (χ2n) is 6.66. The lowest BCUT2D eigenvalue weighted by atomic mass is 10.0. The molecule has 0 bridgehead atoms. The van der Waals surface area contributed by atoms with Crippen molar-refractivity contribution in [2.75, 3.05) is 20.2 Å². The molecular weight excluding hydrogens is 383 g/mol. The van der Waals surface area contributed by atoms with Gasteiger partial charge in [-0.05, 0) is 23.3 Å². The molecule has 3 N–H and O–H groups in total. The van der Waals surface area contributed by atoms with E-state index < -0.39 is 0 Å². The van der Waals surface area contributed by atoms with Crippen molar-refractivity contribution in [3.63, 3.8) is 0 Å². The van der Waals surface area contributed by atoms with E-state index in [0.29, 0.717) is 30.7 Å². The summed E-state index contributed by atoms with van der Waals surface area (Å²) in [5, 5.41) is 16.1. The zero-order chi connectivity index (χ0) is 21.2. The quantitative estimate of drug-likeness (QED) is 0.393. The number of aliphatic hydroxyl groups excluding tert-OH is 1. The van der Waals surface area contributed by atoms with Gasteiger partial charge in [0.25, 0.3) is 0 Å². The summed E-state index contributed by atoms with van der Waals surface area (Å²) in [7, 11) is 1.69. The molecule has 30 heavy (non-hydrogen) atoms. The number of rotatable bonds is 8. The largest absolute Gasteiger partial charge is 0.439 e. The molecule has 0 saturated carbocycles. The van der Waals surface area contributed by atoms with Gasteiger partial charge in [0.1, 0.15) is 11.6 Å². The molecule has 1 atom stereocenters. The molecule has 0 aliphatic carbocycles. The van der Waals surface area contributed by atoms with E-state index in [2.05, 4.69) is 20.6 Å². The number of pyridine rings is 1. The first kappa shape index (κ1) is 21.3. The Labute approximate surface area is 175 Å². The maximum absolute atomic E-state index is 13.2. The smallest absolute Gasteiger partial charge is 0.219 e. The summed E-state index contributed by atoms with van der Waals surface area (Å²) in [6.45, 7) is 1.12. The van der Waals surface area contributed by atoms with Crippen molar-refractivity contribution < 1.29 is 14.2 Å². The van der Waals surface area contributed by atoms with E-state index in [1.54, 1.807) is 31.4 Å². The van der Waals surface area contributed by atoms with Crippen molar-refractivity contribution in [1.29, 1.82) is 0 Å². The zero-order valence-corrected chi connectivity index (χ0v) is 16.8. The Morgan fingerprint density at radius 2 is 1.93 bits per heavy atom. The van der Waals surface area contributed by atoms with Gasteiger partial charge in [-0.15, -0.1) is 0 Å². The van der Waals surface area contributed by atoms with Crippen LogP contribution in [0.25, 0.3) is 0 Å². The third kappa shape index (κ3) is 6.28. The monoisotopic (exact) mass is 408 g/mol. The Morgan fingerprint density at radius 3 is 2.60 bits per heavy atom. The van der Waals surface area contributed by atoms with Crippen LogP contribution < -0.4 is 15.4 Å². The van der Waals surface area contributed by atoms with E-state index >= 15 is 0 Å². The maximum Gasteiger partial charge on any atom is 0.219 e. The topological polar surface area (TPSA) is 78.8 Å². The van der Waals surface area contributed by atoms with E-state index in [9.17, 15) is 9.50 Å². The van der Waals surface area contributed by atoms with Crippen LogP contribution in [-0.4, -0.2) is 36.2 Å². The van der Waals surface area contributed by atoms with Crippen LogP contribution in [-0.2, 0) is 6.54 Å².